The van der Waals surface area contributed by atoms with Crippen molar-refractivity contribution in [1.29, 1.82) is 0 Å². The first kappa shape index (κ1) is 13.1. The molecule has 6 heteroatoms. The van der Waals surface area contributed by atoms with Gasteiger partial charge >= 0.3 is 6.03 Å². The zero-order valence-electron chi connectivity index (χ0n) is 12.0. The molecular formula is C16H16N2O4. The van der Waals surface area contributed by atoms with E-state index in [2.05, 4.69) is 5.32 Å². The van der Waals surface area contributed by atoms with E-state index in [0.717, 1.165) is 25.1 Å². The lowest BCUT2D eigenvalue weighted by molar-refractivity contribution is 0.174. The van der Waals surface area contributed by atoms with Crippen LogP contribution in [-0.2, 0) is 0 Å². The molecule has 2 aliphatic heterocycles. The van der Waals surface area contributed by atoms with Gasteiger partial charge in [-0.3, -0.25) is 0 Å². The number of carbonyl (C=O) groups excluding carboxylic acids is 1. The van der Waals surface area contributed by atoms with E-state index in [1.807, 2.05) is 23.1 Å². The monoisotopic (exact) mass is 300 g/mol. The smallest absolute Gasteiger partial charge is 0.322 e. The summed E-state index contributed by atoms with van der Waals surface area (Å²) in [6.07, 6.45) is 3.53. The molecule has 2 aliphatic rings. The van der Waals surface area contributed by atoms with Crippen LogP contribution in [0.2, 0.25) is 0 Å². The van der Waals surface area contributed by atoms with Gasteiger partial charge in [0.1, 0.15) is 5.76 Å². The van der Waals surface area contributed by atoms with Crippen molar-refractivity contribution in [3.63, 3.8) is 0 Å². The van der Waals surface area contributed by atoms with Crippen LogP contribution >= 0.6 is 0 Å². The summed E-state index contributed by atoms with van der Waals surface area (Å²) >= 11 is 0. The highest BCUT2D eigenvalue weighted by Gasteiger charge is 2.32. The average Bonchev–Trinajstić information content (AvgIpc) is 3.26. The molecule has 1 saturated heterocycles. The lowest BCUT2D eigenvalue weighted by atomic mass is 10.2. The van der Waals surface area contributed by atoms with E-state index in [4.69, 9.17) is 13.9 Å². The van der Waals surface area contributed by atoms with E-state index < -0.39 is 0 Å². The molecule has 0 saturated carbocycles. The molecule has 0 aliphatic carbocycles. The molecule has 0 unspecified atom stereocenters. The Morgan fingerprint density at radius 1 is 1.23 bits per heavy atom. The number of nitrogens with one attached hydrogen (secondary N) is 1. The number of hydrogen-bond acceptors (Lipinski definition) is 4. The van der Waals surface area contributed by atoms with Crippen molar-refractivity contribution in [2.45, 2.75) is 18.9 Å². The number of rotatable bonds is 2. The zero-order valence-corrected chi connectivity index (χ0v) is 12.0. The molecule has 1 aromatic heterocycles. The number of ether oxygens (including phenoxy) is 2. The molecule has 0 spiro atoms. The molecule has 114 valence electrons. The number of nitrogens with zero attached hydrogens (tertiary/aromatic N) is 1. The molecule has 1 aromatic carbocycles. The number of urea groups is 1. The lowest BCUT2D eigenvalue weighted by Crippen LogP contribution is -2.34. The van der Waals surface area contributed by atoms with Gasteiger partial charge in [0.2, 0.25) is 6.79 Å². The Bertz CT molecular complexity index is 683. The molecule has 22 heavy (non-hydrogen) atoms. The Hall–Kier alpha value is -2.63. The number of fused-ring (bicyclic) bond motifs is 1. The first-order valence-corrected chi connectivity index (χ1v) is 7.32. The van der Waals surface area contributed by atoms with Crippen molar-refractivity contribution in [2.75, 3.05) is 18.7 Å². The van der Waals surface area contributed by atoms with Gasteiger partial charge in [-0.15, -0.1) is 0 Å². The first-order valence-electron chi connectivity index (χ1n) is 7.32. The molecule has 1 atom stereocenters. The quantitative estimate of drug-likeness (QED) is 0.923. The van der Waals surface area contributed by atoms with Crippen molar-refractivity contribution in [2.24, 2.45) is 0 Å². The maximum absolute atomic E-state index is 12.5. The SMILES string of the molecule is O=C(Nc1ccc2c(c1)OCO2)N1CCC[C@H]1c1ccco1. The molecule has 2 amide bonds. The summed E-state index contributed by atoms with van der Waals surface area (Å²) in [4.78, 5) is 14.3. The third-order valence-electron chi connectivity index (χ3n) is 4.01. The maximum atomic E-state index is 12.5. The van der Waals surface area contributed by atoms with Gasteiger partial charge in [-0.2, -0.15) is 0 Å². The van der Waals surface area contributed by atoms with E-state index in [1.165, 1.54) is 0 Å². The highest BCUT2D eigenvalue weighted by atomic mass is 16.7. The molecular weight excluding hydrogens is 284 g/mol. The van der Waals surface area contributed by atoms with Gasteiger partial charge in [0.25, 0.3) is 0 Å². The topological polar surface area (TPSA) is 63.9 Å². The van der Waals surface area contributed by atoms with Crippen molar-refractivity contribution in [3.05, 3.63) is 42.4 Å². The minimum absolute atomic E-state index is 0.00371. The molecule has 1 fully saturated rings. The van der Waals surface area contributed by atoms with E-state index in [0.29, 0.717) is 17.2 Å². The Kier molecular flexibility index (Phi) is 3.14. The van der Waals surface area contributed by atoms with Crippen LogP contribution in [-0.4, -0.2) is 24.3 Å². The molecule has 1 N–H and O–H groups in total. The summed E-state index contributed by atoms with van der Waals surface area (Å²) in [5.74, 6) is 2.19. The predicted octanol–water partition coefficient (Wildman–Crippen LogP) is 3.38. The van der Waals surface area contributed by atoms with Gasteiger partial charge in [-0.05, 0) is 37.1 Å². The highest BCUT2D eigenvalue weighted by molar-refractivity contribution is 5.90. The van der Waals surface area contributed by atoms with E-state index in [-0.39, 0.29) is 18.9 Å². The Balaban J connectivity index is 1.49. The fourth-order valence-corrected chi connectivity index (χ4v) is 2.96. The van der Waals surface area contributed by atoms with Gasteiger partial charge in [0, 0.05) is 18.3 Å². The molecule has 6 nitrogen and oxygen atoms in total. The van der Waals surface area contributed by atoms with Crippen LogP contribution in [0.1, 0.15) is 24.6 Å². The van der Waals surface area contributed by atoms with Crippen LogP contribution < -0.4 is 14.8 Å². The fourth-order valence-electron chi connectivity index (χ4n) is 2.96. The average molecular weight is 300 g/mol. The molecule has 2 aromatic rings. The summed E-state index contributed by atoms with van der Waals surface area (Å²) in [6, 6.07) is 9.02. The number of carbonyl (C=O) groups is 1. The van der Waals surface area contributed by atoms with Gasteiger partial charge in [-0.25, -0.2) is 4.79 Å². The summed E-state index contributed by atoms with van der Waals surface area (Å²) in [7, 11) is 0. The second-order valence-electron chi connectivity index (χ2n) is 5.37. The van der Waals surface area contributed by atoms with E-state index >= 15 is 0 Å². The second kappa shape index (κ2) is 5.29. The Morgan fingerprint density at radius 2 is 2.14 bits per heavy atom. The minimum Gasteiger partial charge on any atom is -0.467 e. The first-order chi connectivity index (χ1) is 10.8. The number of hydrogen-bond donors (Lipinski definition) is 1. The minimum atomic E-state index is -0.127. The normalized spacial score (nSPS) is 19.5. The van der Waals surface area contributed by atoms with E-state index in [1.54, 1.807) is 18.4 Å². The Morgan fingerprint density at radius 3 is 3.00 bits per heavy atom. The lowest BCUT2D eigenvalue weighted by Gasteiger charge is -2.23. The van der Waals surface area contributed by atoms with Crippen LogP contribution in [0, 0.1) is 0 Å². The van der Waals surface area contributed by atoms with Crippen LogP contribution in [0.3, 0.4) is 0 Å². The van der Waals surface area contributed by atoms with Crippen LogP contribution in [0.25, 0.3) is 0 Å². The van der Waals surface area contributed by atoms with Crippen LogP contribution in [0.4, 0.5) is 10.5 Å². The number of furan rings is 1. The molecule has 0 radical (unpaired) electrons. The highest BCUT2D eigenvalue weighted by Crippen LogP contribution is 2.35. The van der Waals surface area contributed by atoms with Gasteiger partial charge in [-0.1, -0.05) is 0 Å². The van der Waals surface area contributed by atoms with Crippen LogP contribution in [0.15, 0.2) is 41.0 Å². The predicted molar refractivity (Wildman–Crippen MR) is 79.0 cm³/mol. The number of amides is 2. The van der Waals surface area contributed by atoms with Crippen molar-refractivity contribution < 1.29 is 18.7 Å². The summed E-state index contributed by atoms with van der Waals surface area (Å²) in [6.45, 7) is 0.946. The molecule has 0 bridgehead atoms. The molecule has 3 heterocycles. The zero-order chi connectivity index (χ0) is 14.9. The van der Waals surface area contributed by atoms with Crippen molar-refractivity contribution >= 4 is 11.7 Å². The third kappa shape index (κ3) is 2.26. The largest absolute Gasteiger partial charge is 0.467 e. The maximum Gasteiger partial charge on any atom is 0.322 e. The number of benzene rings is 1. The van der Waals surface area contributed by atoms with Gasteiger partial charge < -0.3 is 24.1 Å². The third-order valence-corrected chi connectivity index (χ3v) is 4.01. The fraction of sp³-hybridized carbons (Fsp3) is 0.312. The summed E-state index contributed by atoms with van der Waals surface area (Å²) < 4.78 is 16.0. The van der Waals surface area contributed by atoms with Gasteiger partial charge in [0.05, 0.1) is 12.3 Å². The van der Waals surface area contributed by atoms with Crippen LogP contribution in [0.5, 0.6) is 11.5 Å². The standard InChI is InChI=1S/C16H16N2O4/c19-16(17-11-5-6-14-15(9-11)22-10-21-14)18-7-1-3-12(18)13-4-2-8-20-13/h2,4-6,8-9,12H,1,3,7,10H2,(H,17,19)/t12-/m0/s1. The molecule has 4 rings (SSSR count). The van der Waals surface area contributed by atoms with E-state index in [9.17, 15) is 4.79 Å². The number of anilines is 1. The van der Waals surface area contributed by atoms with Crippen molar-refractivity contribution in [3.8, 4) is 11.5 Å². The van der Waals surface area contributed by atoms with Crippen molar-refractivity contribution in [1.82, 2.24) is 4.90 Å². The summed E-state index contributed by atoms with van der Waals surface area (Å²) in [5.41, 5.74) is 0.694. The number of likely N-dealkylation sites (tertiary alicyclic amines) is 1. The Labute approximate surface area is 127 Å². The summed E-state index contributed by atoms with van der Waals surface area (Å²) in [5, 5.41) is 2.92. The van der Waals surface area contributed by atoms with Gasteiger partial charge in [0.15, 0.2) is 11.5 Å². The second-order valence-corrected chi connectivity index (χ2v) is 5.37.